The van der Waals surface area contributed by atoms with Gasteiger partial charge in [0.15, 0.2) is 0 Å². The molecule has 28 heavy (non-hydrogen) atoms. The van der Waals surface area contributed by atoms with Crippen molar-refractivity contribution in [3.05, 3.63) is 53.1 Å². The zero-order valence-corrected chi connectivity index (χ0v) is 17.1. The van der Waals surface area contributed by atoms with Gasteiger partial charge >= 0.3 is 0 Å². The van der Waals surface area contributed by atoms with E-state index in [-0.39, 0.29) is 12.5 Å². The number of hydrogen-bond donors (Lipinski definition) is 1. The molecule has 0 saturated carbocycles. The Morgan fingerprint density at radius 1 is 1.04 bits per heavy atom. The normalized spacial score (nSPS) is 15.6. The average Bonchev–Trinajstić information content (AvgIpc) is 3.27. The Hall–Kier alpha value is -2.38. The Labute approximate surface area is 166 Å². The van der Waals surface area contributed by atoms with Crippen LogP contribution in [0.2, 0.25) is 0 Å². The zero-order valence-electron chi connectivity index (χ0n) is 16.2. The lowest BCUT2D eigenvalue weighted by Crippen LogP contribution is -2.31. The highest BCUT2D eigenvalue weighted by Crippen LogP contribution is 2.31. The first kappa shape index (κ1) is 19.0. The van der Waals surface area contributed by atoms with Crippen LogP contribution in [0.1, 0.15) is 23.1 Å². The van der Waals surface area contributed by atoms with Crippen molar-refractivity contribution in [2.24, 2.45) is 0 Å². The molecule has 2 aliphatic rings. The second-order valence-electron chi connectivity index (χ2n) is 7.63. The van der Waals surface area contributed by atoms with Crippen molar-refractivity contribution >= 4 is 27.3 Å². The standard InChI is InChI=1S/C21H25N3O3S/c1-23(2)28(26,27)19-8-9-20-17(13-19)10-11-24(20)14-21(25)22-18-7-6-15-4-3-5-16(15)12-18/h6-9,12-13H,3-5,10-11,14H2,1-2H3,(H,22,25). The number of carbonyl (C=O) groups excluding carboxylic acids is 1. The Morgan fingerprint density at radius 2 is 1.82 bits per heavy atom. The number of carbonyl (C=O) groups is 1. The van der Waals surface area contributed by atoms with Gasteiger partial charge in [-0.2, -0.15) is 0 Å². The molecule has 148 valence electrons. The van der Waals surface area contributed by atoms with E-state index in [0.717, 1.165) is 36.2 Å². The fraction of sp³-hybridized carbons (Fsp3) is 0.381. The van der Waals surface area contributed by atoms with Crippen LogP contribution < -0.4 is 10.2 Å². The van der Waals surface area contributed by atoms with E-state index in [1.165, 1.54) is 35.9 Å². The lowest BCUT2D eigenvalue weighted by Gasteiger charge is -2.19. The Kier molecular flexibility index (Phi) is 4.89. The number of fused-ring (bicyclic) bond motifs is 2. The molecule has 1 amide bonds. The monoisotopic (exact) mass is 399 g/mol. The summed E-state index contributed by atoms with van der Waals surface area (Å²) in [6.45, 7) is 0.961. The second-order valence-corrected chi connectivity index (χ2v) is 9.79. The number of sulfonamides is 1. The van der Waals surface area contributed by atoms with Crippen LogP contribution in [0.3, 0.4) is 0 Å². The van der Waals surface area contributed by atoms with Crippen LogP contribution in [-0.4, -0.2) is 45.8 Å². The van der Waals surface area contributed by atoms with Crippen LogP contribution in [0.25, 0.3) is 0 Å². The van der Waals surface area contributed by atoms with Gasteiger partial charge < -0.3 is 10.2 Å². The third kappa shape index (κ3) is 3.52. The maximum atomic E-state index is 12.5. The number of amides is 1. The molecule has 2 aromatic carbocycles. The first-order chi connectivity index (χ1) is 13.3. The van der Waals surface area contributed by atoms with Gasteiger partial charge in [0.1, 0.15) is 0 Å². The maximum Gasteiger partial charge on any atom is 0.243 e. The average molecular weight is 400 g/mol. The van der Waals surface area contributed by atoms with Crippen LogP contribution in [0.5, 0.6) is 0 Å². The molecule has 0 aromatic heterocycles. The number of rotatable bonds is 5. The van der Waals surface area contributed by atoms with E-state index in [1.54, 1.807) is 18.2 Å². The summed E-state index contributed by atoms with van der Waals surface area (Å²) in [5.74, 6) is -0.0595. The molecule has 1 aliphatic carbocycles. The summed E-state index contributed by atoms with van der Waals surface area (Å²) in [5.41, 5.74) is 5.46. The molecule has 0 spiro atoms. The number of benzene rings is 2. The van der Waals surface area contributed by atoms with E-state index >= 15 is 0 Å². The lowest BCUT2D eigenvalue weighted by molar-refractivity contribution is -0.115. The van der Waals surface area contributed by atoms with Crippen LogP contribution >= 0.6 is 0 Å². The highest BCUT2D eigenvalue weighted by molar-refractivity contribution is 7.89. The van der Waals surface area contributed by atoms with E-state index in [1.807, 2.05) is 11.0 Å². The van der Waals surface area contributed by atoms with E-state index in [9.17, 15) is 13.2 Å². The van der Waals surface area contributed by atoms with Gasteiger partial charge in [-0.15, -0.1) is 0 Å². The summed E-state index contributed by atoms with van der Waals surface area (Å²) in [5, 5.41) is 3.00. The van der Waals surface area contributed by atoms with Gasteiger partial charge in [0.05, 0.1) is 11.4 Å². The minimum Gasteiger partial charge on any atom is -0.362 e. The Balaban J connectivity index is 1.45. The minimum absolute atomic E-state index is 0.0595. The number of anilines is 2. The van der Waals surface area contributed by atoms with Crippen molar-refractivity contribution in [2.75, 3.05) is 37.4 Å². The number of aryl methyl sites for hydroxylation is 2. The topological polar surface area (TPSA) is 69.7 Å². The van der Waals surface area contributed by atoms with Crippen LogP contribution in [0.15, 0.2) is 41.3 Å². The zero-order chi connectivity index (χ0) is 19.9. The van der Waals surface area contributed by atoms with Gasteiger partial charge in [-0.05, 0) is 72.7 Å². The molecule has 0 atom stereocenters. The largest absolute Gasteiger partial charge is 0.362 e. The van der Waals surface area contributed by atoms with Crippen molar-refractivity contribution < 1.29 is 13.2 Å². The Morgan fingerprint density at radius 3 is 2.61 bits per heavy atom. The number of nitrogens with zero attached hydrogens (tertiary/aromatic N) is 2. The van der Waals surface area contributed by atoms with Crippen LogP contribution in [0.4, 0.5) is 11.4 Å². The van der Waals surface area contributed by atoms with Crippen LogP contribution in [-0.2, 0) is 34.1 Å². The van der Waals surface area contributed by atoms with Crippen molar-refractivity contribution in [1.29, 1.82) is 0 Å². The number of hydrogen-bond acceptors (Lipinski definition) is 4. The molecule has 2 aromatic rings. The quantitative estimate of drug-likeness (QED) is 0.838. The van der Waals surface area contributed by atoms with Gasteiger partial charge in [-0.1, -0.05) is 6.07 Å². The smallest absolute Gasteiger partial charge is 0.243 e. The maximum absolute atomic E-state index is 12.5. The summed E-state index contributed by atoms with van der Waals surface area (Å²) in [6, 6.07) is 11.3. The molecule has 1 N–H and O–H groups in total. The predicted octanol–water partition coefficient (Wildman–Crippen LogP) is 2.43. The van der Waals surface area contributed by atoms with E-state index in [0.29, 0.717) is 11.4 Å². The van der Waals surface area contributed by atoms with Crippen molar-refractivity contribution in [3.8, 4) is 0 Å². The van der Waals surface area contributed by atoms with Crippen molar-refractivity contribution in [3.63, 3.8) is 0 Å². The molecule has 7 heteroatoms. The molecule has 4 rings (SSSR count). The third-order valence-corrected chi connectivity index (χ3v) is 7.35. The SMILES string of the molecule is CN(C)S(=O)(=O)c1ccc2c(c1)CCN2CC(=O)Nc1ccc2c(c1)CCC2. The summed E-state index contributed by atoms with van der Waals surface area (Å²) in [6.07, 6.45) is 4.12. The fourth-order valence-corrected chi connectivity index (χ4v) is 4.96. The molecule has 0 fully saturated rings. The first-order valence-electron chi connectivity index (χ1n) is 9.56. The minimum atomic E-state index is -3.45. The van der Waals surface area contributed by atoms with E-state index in [2.05, 4.69) is 17.4 Å². The van der Waals surface area contributed by atoms with Gasteiger partial charge in [-0.25, -0.2) is 12.7 Å². The molecule has 0 radical (unpaired) electrons. The summed E-state index contributed by atoms with van der Waals surface area (Å²) in [4.78, 5) is 14.8. The highest BCUT2D eigenvalue weighted by Gasteiger charge is 2.25. The molecular formula is C21H25N3O3S. The molecule has 6 nitrogen and oxygen atoms in total. The van der Waals surface area contributed by atoms with Crippen molar-refractivity contribution in [1.82, 2.24) is 4.31 Å². The predicted molar refractivity (Wildman–Crippen MR) is 110 cm³/mol. The Bertz CT molecular complexity index is 1030. The second kappa shape index (κ2) is 7.22. The molecule has 1 heterocycles. The fourth-order valence-electron chi connectivity index (χ4n) is 4.01. The van der Waals surface area contributed by atoms with Gasteiger partial charge in [0.2, 0.25) is 15.9 Å². The number of nitrogens with one attached hydrogen (secondary N) is 1. The van der Waals surface area contributed by atoms with E-state index < -0.39 is 10.0 Å². The summed E-state index contributed by atoms with van der Waals surface area (Å²) in [7, 11) is -0.397. The lowest BCUT2D eigenvalue weighted by atomic mass is 10.1. The molecule has 0 bridgehead atoms. The molecule has 0 saturated heterocycles. The van der Waals surface area contributed by atoms with Crippen LogP contribution in [0, 0.1) is 0 Å². The van der Waals surface area contributed by atoms with E-state index in [4.69, 9.17) is 0 Å². The van der Waals surface area contributed by atoms with Gasteiger partial charge in [0, 0.05) is 32.0 Å². The van der Waals surface area contributed by atoms with Gasteiger partial charge in [0.25, 0.3) is 0 Å². The molecule has 0 unspecified atom stereocenters. The summed E-state index contributed by atoms with van der Waals surface area (Å²) >= 11 is 0. The molecular weight excluding hydrogens is 374 g/mol. The highest BCUT2D eigenvalue weighted by atomic mass is 32.2. The first-order valence-corrected chi connectivity index (χ1v) is 11.0. The van der Waals surface area contributed by atoms with Crippen molar-refractivity contribution in [2.45, 2.75) is 30.6 Å². The third-order valence-electron chi connectivity index (χ3n) is 5.54. The van der Waals surface area contributed by atoms with Gasteiger partial charge in [-0.3, -0.25) is 4.79 Å². The summed E-state index contributed by atoms with van der Waals surface area (Å²) < 4.78 is 25.9. The molecule has 1 aliphatic heterocycles.